The van der Waals surface area contributed by atoms with Gasteiger partial charge in [-0.2, -0.15) is 0 Å². The van der Waals surface area contributed by atoms with Crippen LogP contribution in [-0.4, -0.2) is 66.3 Å². The Hall–Kier alpha value is -1.73. The number of rotatable bonds is 5. The van der Waals surface area contributed by atoms with E-state index < -0.39 is 10.0 Å². The van der Waals surface area contributed by atoms with Crippen molar-refractivity contribution in [2.24, 2.45) is 0 Å². The summed E-state index contributed by atoms with van der Waals surface area (Å²) in [6.45, 7) is 6.52. The number of aryl methyl sites for hydroxylation is 1. The number of nitrogens with zero attached hydrogens (tertiary/aromatic N) is 2. The van der Waals surface area contributed by atoms with E-state index in [0.29, 0.717) is 13.1 Å². The van der Waals surface area contributed by atoms with Gasteiger partial charge in [0.15, 0.2) is 0 Å². The van der Waals surface area contributed by atoms with Gasteiger partial charge in [-0.3, -0.25) is 4.90 Å². The molecule has 3 aliphatic rings. The Morgan fingerprint density at radius 1 is 0.914 bits per heavy atom. The highest BCUT2D eigenvalue weighted by molar-refractivity contribution is 7.89. The van der Waals surface area contributed by atoms with Crippen molar-refractivity contribution >= 4 is 10.0 Å². The fraction of sp³-hybridized carbons (Fsp3) is 0.586. The number of fused-ring (bicyclic) bond motifs is 1. The molecule has 0 aromatic heterocycles. The van der Waals surface area contributed by atoms with Crippen molar-refractivity contribution in [2.75, 3.05) is 26.2 Å². The van der Waals surface area contributed by atoms with Crippen LogP contribution in [0.15, 0.2) is 42.5 Å². The molecule has 0 amide bonds. The van der Waals surface area contributed by atoms with Gasteiger partial charge in [-0.05, 0) is 73.9 Å². The summed E-state index contributed by atoms with van der Waals surface area (Å²) in [4.78, 5) is 2.37. The molecule has 5 rings (SSSR count). The van der Waals surface area contributed by atoms with Gasteiger partial charge in [0.1, 0.15) is 0 Å². The SMILES string of the molecule is Cc1cccc(-c2ccc([C@H]3C4CN(S(=O)(=O)C5CCCCC5)CCCCN4[C@@H]3CO)cc2)c1C. The number of hydrogen-bond donors (Lipinski definition) is 1. The van der Waals surface area contributed by atoms with Crippen molar-refractivity contribution < 1.29 is 13.5 Å². The van der Waals surface area contributed by atoms with Gasteiger partial charge in [0.25, 0.3) is 0 Å². The van der Waals surface area contributed by atoms with Gasteiger partial charge in [0.05, 0.1) is 11.9 Å². The zero-order valence-electron chi connectivity index (χ0n) is 21.2. The third-order valence-electron chi connectivity index (χ3n) is 8.88. The maximum atomic E-state index is 13.6. The largest absolute Gasteiger partial charge is 0.395 e. The van der Waals surface area contributed by atoms with Crippen LogP contribution in [0.2, 0.25) is 0 Å². The molecule has 0 bridgehead atoms. The summed E-state index contributed by atoms with van der Waals surface area (Å²) in [5, 5.41) is 10.1. The van der Waals surface area contributed by atoms with Gasteiger partial charge in [-0.25, -0.2) is 12.7 Å². The third-order valence-corrected chi connectivity index (χ3v) is 11.2. The Kier molecular flexibility index (Phi) is 7.36. The minimum absolute atomic E-state index is 0.0592. The van der Waals surface area contributed by atoms with Crippen LogP contribution in [0.1, 0.15) is 67.6 Å². The van der Waals surface area contributed by atoms with E-state index >= 15 is 0 Å². The van der Waals surface area contributed by atoms with Crippen LogP contribution in [0.5, 0.6) is 0 Å². The van der Waals surface area contributed by atoms with Crippen molar-refractivity contribution in [2.45, 2.75) is 82.0 Å². The molecule has 2 aromatic rings. The Labute approximate surface area is 211 Å². The normalized spacial score (nSPS) is 27.0. The van der Waals surface area contributed by atoms with Crippen molar-refractivity contribution in [1.29, 1.82) is 0 Å². The fourth-order valence-corrected chi connectivity index (χ4v) is 8.76. The maximum absolute atomic E-state index is 13.6. The van der Waals surface area contributed by atoms with Gasteiger partial charge >= 0.3 is 0 Å². The second kappa shape index (κ2) is 10.3. The zero-order valence-corrected chi connectivity index (χ0v) is 22.0. The first kappa shape index (κ1) is 24.9. The van der Waals surface area contributed by atoms with E-state index in [-0.39, 0.29) is 29.9 Å². The average molecular weight is 497 g/mol. The van der Waals surface area contributed by atoms with Gasteiger partial charge in [-0.15, -0.1) is 0 Å². The predicted molar refractivity (Wildman–Crippen MR) is 142 cm³/mol. The van der Waals surface area contributed by atoms with Crippen LogP contribution in [0.3, 0.4) is 0 Å². The summed E-state index contributed by atoms with van der Waals surface area (Å²) in [6.07, 6.45) is 6.67. The molecule has 1 saturated carbocycles. The first-order chi connectivity index (χ1) is 16.9. The van der Waals surface area contributed by atoms with Crippen molar-refractivity contribution in [1.82, 2.24) is 9.21 Å². The molecule has 2 aliphatic heterocycles. The minimum atomic E-state index is -3.28. The van der Waals surface area contributed by atoms with Crippen molar-refractivity contribution in [3.63, 3.8) is 0 Å². The van der Waals surface area contributed by atoms with Crippen LogP contribution >= 0.6 is 0 Å². The monoisotopic (exact) mass is 496 g/mol. The number of hydrogen-bond acceptors (Lipinski definition) is 4. The average Bonchev–Trinajstić information content (AvgIpc) is 2.85. The zero-order chi connectivity index (χ0) is 24.6. The second-order valence-corrected chi connectivity index (χ2v) is 13.0. The van der Waals surface area contributed by atoms with Gasteiger partial charge < -0.3 is 5.11 Å². The molecule has 3 atom stereocenters. The van der Waals surface area contributed by atoms with E-state index in [9.17, 15) is 13.5 Å². The highest BCUT2D eigenvalue weighted by atomic mass is 32.2. The highest BCUT2D eigenvalue weighted by Crippen LogP contribution is 2.43. The molecule has 35 heavy (non-hydrogen) atoms. The molecule has 0 spiro atoms. The topological polar surface area (TPSA) is 60.9 Å². The lowest BCUT2D eigenvalue weighted by atomic mass is 9.74. The summed E-state index contributed by atoms with van der Waals surface area (Å²) in [5.74, 6) is 0.148. The van der Waals surface area contributed by atoms with Crippen LogP contribution in [-0.2, 0) is 10.0 Å². The maximum Gasteiger partial charge on any atom is 0.217 e. The summed E-state index contributed by atoms with van der Waals surface area (Å²) < 4.78 is 29.0. The first-order valence-corrected chi connectivity index (χ1v) is 14.9. The molecule has 190 valence electrons. The Balaban J connectivity index is 1.40. The van der Waals surface area contributed by atoms with Crippen LogP contribution in [0.4, 0.5) is 0 Å². The first-order valence-electron chi connectivity index (χ1n) is 13.4. The molecule has 3 fully saturated rings. The van der Waals surface area contributed by atoms with Crippen LogP contribution < -0.4 is 0 Å². The van der Waals surface area contributed by atoms with Gasteiger partial charge in [-0.1, -0.05) is 61.7 Å². The Morgan fingerprint density at radius 2 is 1.63 bits per heavy atom. The minimum Gasteiger partial charge on any atom is -0.395 e. The molecule has 1 aliphatic carbocycles. The highest BCUT2D eigenvalue weighted by Gasteiger charge is 2.50. The van der Waals surface area contributed by atoms with E-state index in [2.05, 4.69) is 61.2 Å². The molecule has 5 nitrogen and oxygen atoms in total. The summed E-state index contributed by atoms with van der Waals surface area (Å²) in [5.41, 5.74) is 6.24. The van der Waals surface area contributed by atoms with E-state index in [1.165, 1.54) is 27.8 Å². The summed E-state index contributed by atoms with van der Waals surface area (Å²) in [7, 11) is -3.28. The number of aliphatic hydroxyl groups is 1. The lowest BCUT2D eigenvalue weighted by Gasteiger charge is -2.57. The summed E-state index contributed by atoms with van der Waals surface area (Å²) in [6, 6.07) is 15.4. The molecule has 2 aromatic carbocycles. The standard InChI is InChI=1S/C29H40N2O3S/c1-21-9-8-12-26(22(21)2)23-13-15-24(16-14-23)29-27-19-30(17-6-7-18-31(27)28(29)20-32)35(33,34)25-10-4-3-5-11-25/h8-9,12-16,25,27-29,32H,3-7,10-11,17-20H2,1-2H3/t27?,28-,29+/m1/s1. The lowest BCUT2D eigenvalue weighted by Crippen LogP contribution is -2.68. The van der Waals surface area contributed by atoms with E-state index in [0.717, 1.165) is 51.5 Å². The molecule has 6 heteroatoms. The Morgan fingerprint density at radius 3 is 2.34 bits per heavy atom. The lowest BCUT2D eigenvalue weighted by molar-refractivity contribution is -0.0554. The van der Waals surface area contributed by atoms with Crippen LogP contribution in [0, 0.1) is 13.8 Å². The van der Waals surface area contributed by atoms with E-state index in [1.54, 1.807) is 0 Å². The molecule has 2 saturated heterocycles. The molecule has 1 unspecified atom stereocenters. The number of sulfonamides is 1. The molecule has 1 N–H and O–H groups in total. The summed E-state index contributed by atoms with van der Waals surface area (Å²) >= 11 is 0. The fourth-order valence-electron chi connectivity index (χ4n) is 6.66. The molecule has 0 radical (unpaired) electrons. The van der Waals surface area contributed by atoms with Crippen molar-refractivity contribution in [3.8, 4) is 11.1 Å². The molecular weight excluding hydrogens is 456 g/mol. The van der Waals surface area contributed by atoms with Crippen LogP contribution in [0.25, 0.3) is 11.1 Å². The van der Waals surface area contributed by atoms with Gasteiger partial charge in [0.2, 0.25) is 10.0 Å². The van der Waals surface area contributed by atoms with E-state index in [4.69, 9.17) is 0 Å². The van der Waals surface area contributed by atoms with Gasteiger partial charge in [0, 0.05) is 31.1 Å². The predicted octanol–water partition coefficient (Wildman–Crippen LogP) is 4.86. The number of benzene rings is 2. The Bertz CT molecular complexity index is 1130. The molecular formula is C29H40N2O3S. The van der Waals surface area contributed by atoms with E-state index in [1.807, 2.05) is 4.31 Å². The second-order valence-electron chi connectivity index (χ2n) is 10.8. The van der Waals surface area contributed by atoms with Crippen molar-refractivity contribution in [3.05, 3.63) is 59.2 Å². The smallest absolute Gasteiger partial charge is 0.217 e. The molecule has 2 heterocycles. The number of aliphatic hydroxyl groups excluding tert-OH is 1. The quantitative estimate of drug-likeness (QED) is 0.642. The third kappa shape index (κ3) is 4.71.